The summed E-state index contributed by atoms with van der Waals surface area (Å²) in [5.74, 6) is 0. The van der Waals surface area contributed by atoms with Gasteiger partial charge in [-0.05, 0) is 19.3 Å². The maximum atomic E-state index is 9.69. The lowest BCUT2D eigenvalue weighted by Gasteiger charge is -2.11. The molecule has 0 amide bonds. The lowest BCUT2D eigenvalue weighted by Crippen LogP contribution is -2.19. The first kappa shape index (κ1) is 13.7. The molecule has 1 rings (SSSR count). The van der Waals surface area contributed by atoms with E-state index in [9.17, 15) is 5.11 Å². The van der Waals surface area contributed by atoms with E-state index >= 15 is 0 Å². The molecule has 0 bridgehead atoms. The van der Waals surface area contributed by atoms with Gasteiger partial charge in [0.2, 0.25) is 0 Å². The summed E-state index contributed by atoms with van der Waals surface area (Å²) >= 11 is 0. The minimum absolute atomic E-state index is 0.0904. The van der Waals surface area contributed by atoms with Crippen molar-refractivity contribution >= 4 is 0 Å². The van der Waals surface area contributed by atoms with Crippen molar-refractivity contribution in [3.8, 4) is 0 Å². The number of unbranched alkanes of at least 4 members (excludes halogenated alkanes) is 3. The second kappa shape index (κ2) is 7.82. The van der Waals surface area contributed by atoms with Crippen molar-refractivity contribution in [2.45, 2.75) is 63.9 Å². The van der Waals surface area contributed by atoms with Crippen LogP contribution in [0.2, 0.25) is 0 Å². The molecular formula is C13H24O3. The molecule has 0 aromatic heterocycles. The number of methoxy groups -OCH3 is 1. The van der Waals surface area contributed by atoms with Crippen LogP contribution in [0.5, 0.6) is 0 Å². The van der Waals surface area contributed by atoms with E-state index in [-0.39, 0.29) is 18.5 Å². The molecule has 0 saturated carbocycles. The number of ether oxygens (including phenoxy) is 2. The predicted molar refractivity (Wildman–Crippen MR) is 64.2 cm³/mol. The molecule has 1 fully saturated rings. The maximum absolute atomic E-state index is 9.69. The van der Waals surface area contributed by atoms with E-state index in [2.05, 4.69) is 19.1 Å². The van der Waals surface area contributed by atoms with Crippen LogP contribution in [0.4, 0.5) is 0 Å². The lowest BCUT2D eigenvalue weighted by molar-refractivity contribution is -0.116. The molecule has 16 heavy (non-hydrogen) atoms. The van der Waals surface area contributed by atoms with E-state index in [0.29, 0.717) is 6.42 Å². The average Bonchev–Trinajstić information content (AvgIpc) is 2.65. The Morgan fingerprint density at radius 3 is 2.81 bits per heavy atom. The highest BCUT2D eigenvalue weighted by molar-refractivity contribution is 4.89. The summed E-state index contributed by atoms with van der Waals surface area (Å²) in [5.41, 5.74) is 0. The van der Waals surface area contributed by atoms with E-state index in [1.807, 2.05) is 0 Å². The van der Waals surface area contributed by atoms with Gasteiger partial charge in [0, 0.05) is 13.5 Å². The second-order valence-electron chi connectivity index (χ2n) is 4.35. The van der Waals surface area contributed by atoms with Crippen molar-refractivity contribution < 1.29 is 14.6 Å². The van der Waals surface area contributed by atoms with Gasteiger partial charge in [0.25, 0.3) is 0 Å². The molecule has 1 N–H and O–H groups in total. The number of hydrogen-bond acceptors (Lipinski definition) is 3. The van der Waals surface area contributed by atoms with Crippen LogP contribution in [0, 0.1) is 0 Å². The van der Waals surface area contributed by atoms with Crippen molar-refractivity contribution in [1.29, 1.82) is 0 Å². The SMILES string of the molecule is CCCCCC=CC[C@H]1O[C@@H](OC)C[C@@H]1O. The van der Waals surface area contributed by atoms with Crippen LogP contribution in [-0.4, -0.2) is 30.7 Å². The van der Waals surface area contributed by atoms with Gasteiger partial charge in [0.15, 0.2) is 6.29 Å². The van der Waals surface area contributed by atoms with Gasteiger partial charge in [-0.1, -0.05) is 31.9 Å². The summed E-state index contributed by atoms with van der Waals surface area (Å²) in [6.07, 6.45) is 9.90. The summed E-state index contributed by atoms with van der Waals surface area (Å²) in [4.78, 5) is 0. The van der Waals surface area contributed by atoms with Crippen LogP contribution < -0.4 is 0 Å². The van der Waals surface area contributed by atoms with Crippen LogP contribution in [-0.2, 0) is 9.47 Å². The van der Waals surface area contributed by atoms with E-state index in [1.54, 1.807) is 7.11 Å². The van der Waals surface area contributed by atoms with Crippen molar-refractivity contribution in [3.63, 3.8) is 0 Å². The topological polar surface area (TPSA) is 38.7 Å². The molecule has 1 aliphatic rings. The van der Waals surface area contributed by atoms with Crippen molar-refractivity contribution in [3.05, 3.63) is 12.2 Å². The van der Waals surface area contributed by atoms with Crippen LogP contribution in [0.25, 0.3) is 0 Å². The monoisotopic (exact) mass is 228 g/mol. The Bertz CT molecular complexity index is 203. The Balaban J connectivity index is 2.12. The van der Waals surface area contributed by atoms with Gasteiger partial charge in [0.05, 0.1) is 12.2 Å². The minimum atomic E-state index is -0.384. The second-order valence-corrected chi connectivity index (χ2v) is 4.35. The molecule has 0 aromatic carbocycles. The minimum Gasteiger partial charge on any atom is -0.390 e. The first-order chi connectivity index (χ1) is 7.77. The molecule has 0 spiro atoms. The number of aliphatic hydroxyl groups is 1. The Labute approximate surface area is 98.4 Å². The molecule has 3 atom stereocenters. The summed E-state index contributed by atoms with van der Waals surface area (Å²) in [6, 6.07) is 0. The predicted octanol–water partition coefficient (Wildman–Crippen LogP) is 2.64. The molecule has 1 aliphatic heterocycles. The fourth-order valence-electron chi connectivity index (χ4n) is 1.91. The third-order valence-electron chi connectivity index (χ3n) is 2.96. The molecule has 3 heteroatoms. The molecule has 94 valence electrons. The molecular weight excluding hydrogens is 204 g/mol. The normalized spacial score (nSPS) is 30.3. The number of allylic oxidation sites excluding steroid dienone is 1. The summed E-state index contributed by atoms with van der Waals surface area (Å²) in [7, 11) is 1.61. The van der Waals surface area contributed by atoms with Gasteiger partial charge >= 0.3 is 0 Å². The molecule has 0 radical (unpaired) electrons. The maximum Gasteiger partial charge on any atom is 0.160 e. The van der Waals surface area contributed by atoms with Crippen molar-refractivity contribution in [2.24, 2.45) is 0 Å². The first-order valence-electron chi connectivity index (χ1n) is 6.29. The first-order valence-corrected chi connectivity index (χ1v) is 6.29. The van der Waals surface area contributed by atoms with Crippen LogP contribution >= 0.6 is 0 Å². The summed E-state index contributed by atoms with van der Waals surface area (Å²) in [6.45, 7) is 2.21. The zero-order valence-electron chi connectivity index (χ0n) is 10.4. The van der Waals surface area contributed by atoms with Crippen LogP contribution in [0.1, 0.15) is 45.4 Å². The standard InChI is InChI=1S/C13H24O3/c1-3-4-5-6-7-8-9-12-11(14)10-13(15-2)16-12/h7-8,11-14H,3-6,9-10H2,1-2H3/t11-,12+,13+/m0/s1. The van der Waals surface area contributed by atoms with E-state index < -0.39 is 0 Å². The van der Waals surface area contributed by atoms with Gasteiger partial charge < -0.3 is 14.6 Å². The Kier molecular flexibility index (Phi) is 6.69. The van der Waals surface area contributed by atoms with E-state index in [0.717, 1.165) is 12.8 Å². The quantitative estimate of drug-likeness (QED) is 0.538. The highest BCUT2D eigenvalue weighted by Crippen LogP contribution is 2.23. The highest BCUT2D eigenvalue weighted by atomic mass is 16.7. The zero-order valence-corrected chi connectivity index (χ0v) is 10.4. The van der Waals surface area contributed by atoms with E-state index in [4.69, 9.17) is 9.47 Å². The average molecular weight is 228 g/mol. The van der Waals surface area contributed by atoms with Gasteiger partial charge in [0.1, 0.15) is 0 Å². The van der Waals surface area contributed by atoms with Crippen LogP contribution in [0.15, 0.2) is 12.2 Å². The summed E-state index contributed by atoms with van der Waals surface area (Å²) in [5, 5.41) is 9.69. The van der Waals surface area contributed by atoms with Gasteiger partial charge in [-0.3, -0.25) is 0 Å². The lowest BCUT2D eigenvalue weighted by atomic mass is 10.1. The van der Waals surface area contributed by atoms with E-state index in [1.165, 1.54) is 19.3 Å². The molecule has 1 heterocycles. The van der Waals surface area contributed by atoms with Gasteiger partial charge in [-0.25, -0.2) is 0 Å². The zero-order chi connectivity index (χ0) is 11.8. The molecule has 3 nitrogen and oxygen atoms in total. The Morgan fingerprint density at radius 1 is 1.38 bits per heavy atom. The molecule has 0 aromatic rings. The fourth-order valence-corrected chi connectivity index (χ4v) is 1.91. The largest absolute Gasteiger partial charge is 0.390 e. The third kappa shape index (κ3) is 4.64. The van der Waals surface area contributed by atoms with Crippen LogP contribution in [0.3, 0.4) is 0 Å². The smallest absolute Gasteiger partial charge is 0.160 e. The molecule has 1 saturated heterocycles. The Hall–Kier alpha value is -0.380. The van der Waals surface area contributed by atoms with Crippen molar-refractivity contribution in [2.75, 3.05) is 7.11 Å². The fraction of sp³-hybridized carbons (Fsp3) is 0.846. The Morgan fingerprint density at radius 2 is 2.19 bits per heavy atom. The van der Waals surface area contributed by atoms with Crippen molar-refractivity contribution in [1.82, 2.24) is 0 Å². The number of hydrogen-bond donors (Lipinski definition) is 1. The number of rotatable bonds is 7. The highest BCUT2D eigenvalue weighted by Gasteiger charge is 2.32. The van der Waals surface area contributed by atoms with Gasteiger partial charge in [-0.15, -0.1) is 0 Å². The third-order valence-corrected chi connectivity index (χ3v) is 2.96. The molecule has 0 unspecified atom stereocenters. The molecule has 0 aliphatic carbocycles. The number of aliphatic hydroxyl groups excluding tert-OH is 1. The summed E-state index contributed by atoms with van der Waals surface area (Å²) < 4.78 is 10.6. The van der Waals surface area contributed by atoms with Gasteiger partial charge in [-0.2, -0.15) is 0 Å².